The largest absolute Gasteiger partial charge is 0.449 e. The quantitative estimate of drug-likeness (QED) is 0.363. The van der Waals surface area contributed by atoms with Gasteiger partial charge >= 0.3 is 5.97 Å². The number of non-ortho nitro benzene ring substituents is 1. The Kier molecular flexibility index (Phi) is 7.41. The molecule has 0 radical (unpaired) electrons. The van der Waals surface area contributed by atoms with Gasteiger partial charge in [-0.2, -0.15) is 4.31 Å². The Balaban J connectivity index is 1.72. The minimum Gasteiger partial charge on any atom is -0.449 e. The van der Waals surface area contributed by atoms with Gasteiger partial charge in [0.25, 0.3) is 11.6 Å². The van der Waals surface area contributed by atoms with Crippen LogP contribution in [0.25, 0.3) is 0 Å². The van der Waals surface area contributed by atoms with Crippen LogP contribution in [0.1, 0.15) is 22.8 Å². The number of nitrogens with one attached hydrogen (secondary N) is 1. The van der Waals surface area contributed by atoms with Crippen molar-refractivity contribution in [3.05, 3.63) is 63.7 Å². The van der Waals surface area contributed by atoms with Crippen LogP contribution >= 0.6 is 0 Å². The summed E-state index contributed by atoms with van der Waals surface area (Å²) < 4.78 is 37.7. The molecule has 176 valence electrons. The lowest BCUT2D eigenvalue weighted by atomic mass is 10.1. The van der Waals surface area contributed by atoms with E-state index < -0.39 is 32.9 Å². The van der Waals surface area contributed by atoms with Crippen molar-refractivity contribution in [2.45, 2.75) is 24.8 Å². The highest BCUT2D eigenvalue weighted by Gasteiger charge is 2.29. The summed E-state index contributed by atoms with van der Waals surface area (Å²) in [6.45, 7) is 3.97. The Morgan fingerprint density at radius 2 is 1.88 bits per heavy atom. The van der Waals surface area contributed by atoms with Crippen LogP contribution in [0.5, 0.6) is 0 Å². The van der Waals surface area contributed by atoms with Crippen LogP contribution in [-0.4, -0.2) is 61.9 Å². The zero-order valence-electron chi connectivity index (χ0n) is 18.0. The molecule has 1 saturated heterocycles. The maximum absolute atomic E-state index is 13.0. The number of nitrogens with zero attached hydrogens (tertiary/aromatic N) is 2. The van der Waals surface area contributed by atoms with Gasteiger partial charge in [0.05, 0.1) is 28.6 Å². The molecule has 0 aromatic heterocycles. The smallest absolute Gasteiger partial charge is 0.338 e. The highest BCUT2D eigenvalue weighted by Crippen LogP contribution is 2.23. The molecule has 2 aromatic rings. The predicted octanol–water partition coefficient (Wildman–Crippen LogP) is 2.11. The number of nitro groups is 1. The summed E-state index contributed by atoms with van der Waals surface area (Å²) in [7, 11) is -3.83. The Hall–Kier alpha value is -3.35. The molecule has 1 aliphatic heterocycles. The number of hydrogen-bond acceptors (Lipinski definition) is 8. The molecule has 0 spiro atoms. The molecule has 0 saturated carbocycles. The van der Waals surface area contributed by atoms with Crippen molar-refractivity contribution in [3.63, 3.8) is 0 Å². The molecule has 1 N–H and O–H groups in total. The monoisotopic (exact) mass is 477 g/mol. The third-order valence-electron chi connectivity index (χ3n) is 4.99. The van der Waals surface area contributed by atoms with E-state index in [0.29, 0.717) is 5.56 Å². The number of nitro benzene ring substituents is 1. The lowest BCUT2D eigenvalue weighted by Crippen LogP contribution is -2.40. The molecule has 0 aliphatic carbocycles. The first kappa shape index (κ1) is 24.3. The van der Waals surface area contributed by atoms with E-state index >= 15 is 0 Å². The summed E-state index contributed by atoms with van der Waals surface area (Å²) in [6, 6.07) is 9.47. The van der Waals surface area contributed by atoms with Gasteiger partial charge in [0, 0.05) is 30.9 Å². The lowest BCUT2D eigenvalue weighted by molar-refractivity contribution is -0.384. The molecule has 1 heterocycles. The first-order valence-corrected chi connectivity index (χ1v) is 11.5. The minimum atomic E-state index is -3.83. The molecule has 1 aliphatic rings. The number of carbonyl (C=O) groups is 2. The predicted molar refractivity (Wildman–Crippen MR) is 117 cm³/mol. The van der Waals surface area contributed by atoms with Gasteiger partial charge in [-0.15, -0.1) is 0 Å². The van der Waals surface area contributed by atoms with Gasteiger partial charge in [-0.3, -0.25) is 14.9 Å². The zero-order chi connectivity index (χ0) is 24.2. The van der Waals surface area contributed by atoms with Gasteiger partial charge < -0.3 is 14.8 Å². The molecular weight excluding hydrogens is 454 g/mol. The second-order valence-electron chi connectivity index (χ2n) is 7.34. The topological polar surface area (TPSA) is 145 Å². The van der Waals surface area contributed by atoms with Crippen molar-refractivity contribution in [3.8, 4) is 0 Å². The molecule has 1 unspecified atom stereocenters. The molecule has 11 nitrogen and oxygen atoms in total. The summed E-state index contributed by atoms with van der Waals surface area (Å²) in [5, 5.41) is 13.3. The molecule has 12 heteroatoms. The van der Waals surface area contributed by atoms with E-state index in [0.717, 1.165) is 0 Å². The normalized spacial score (nSPS) is 15.5. The van der Waals surface area contributed by atoms with Crippen molar-refractivity contribution in [1.29, 1.82) is 0 Å². The van der Waals surface area contributed by atoms with Gasteiger partial charge in [-0.1, -0.05) is 12.1 Å². The first-order chi connectivity index (χ1) is 15.6. The van der Waals surface area contributed by atoms with Gasteiger partial charge in [-0.25, -0.2) is 13.2 Å². The van der Waals surface area contributed by atoms with Crippen molar-refractivity contribution >= 4 is 33.3 Å². The van der Waals surface area contributed by atoms with E-state index in [1.54, 1.807) is 6.92 Å². The number of morpholine rings is 1. The van der Waals surface area contributed by atoms with E-state index in [-0.39, 0.29) is 48.1 Å². The van der Waals surface area contributed by atoms with E-state index in [4.69, 9.17) is 9.47 Å². The molecule has 1 atom stereocenters. The number of rotatable bonds is 7. The highest BCUT2D eigenvalue weighted by molar-refractivity contribution is 7.89. The summed E-state index contributed by atoms with van der Waals surface area (Å²) in [5.74, 6) is -1.58. The SMILES string of the molecule is Cc1ccc(C(=O)OC(C)C(=O)Nc2cccc([N+](=O)[O-])c2)cc1S(=O)(=O)N1CCOCC1. The molecule has 33 heavy (non-hydrogen) atoms. The molecule has 3 rings (SSSR count). The van der Waals surface area contributed by atoms with Crippen molar-refractivity contribution in [1.82, 2.24) is 4.31 Å². The van der Waals surface area contributed by atoms with E-state index in [2.05, 4.69) is 5.32 Å². The second-order valence-corrected chi connectivity index (χ2v) is 9.25. The fraction of sp³-hybridized carbons (Fsp3) is 0.333. The summed E-state index contributed by atoms with van der Waals surface area (Å²) in [5.41, 5.74) is 0.411. The number of esters is 1. The maximum Gasteiger partial charge on any atom is 0.338 e. The Morgan fingerprint density at radius 1 is 1.18 bits per heavy atom. The average Bonchev–Trinajstić information content (AvgIpc) is 2.79. The van der Waals surface area contributed by atoms with E-state index in [1.165, 1.54) is 53.7 Å². The average molecular weight is 477 g/mol. The van der Waals surface area contributed by atoms with Gasteiger partial charge in [0.1, 0.15) is 0 Å². The van der Waals surface area contributed by atoms with Gasteiger partial charge in [-0.05, 0) is 37.6 Å². The van der Waals surface area contributed by atoms with Crippen LogP contribution in [0, 0.1) is 17.0 Å². The minimum absolute atomic E-state index is 0.0208. The van der Waals surface area contributed by atoms with Crippen molar-refractivity contribution < 1.29 is 32.4 Å². The van der Waals surface area contributed by atoms with Crippen LogP contribution < -0.4 is 5.32 Å². The van der Waals surface area contributed by atoms with Crippen LogP contribution in [0.15, 0.2) is 47.4 Å². The van der Waals surface area contributed by atoms with Crippen LogP contribution in [0.3, 0.4) is 0 Å². The first-order valence-electron chi connectivity index (χ1n) is 10.0. The number of benzene rings is 2. The fourth-order valence-corrected chi connectivity index (χ4v) is 4.81. The van der Waals surface area contributed by atoms with Crippen LogP contribution in [0.2, 0.25) is 0 Å². The molecule has 1 fully saturated rings. The number of hydrogen-bond donors (Lipinski definition) is 1. The third kappa shape index (κ3) is 5.72. The molecular formula is C21H23N3O8S. The van der Waals surface area contributed by atoms with Gasteiger partial charge in [0.15, 0.2) is 6.10 Å². The number of carbonyl (C=O) groups excluding carboxylic acids is 2. The number of ether oxygens (including phenoxy) is 2. The third-order valence-corrected chi connectivity index (χ3v) is 7.03. The summed E-state index contributed by atoms with van der Waals surface area (Å²) in [6.07, 6.45) is -1.24. The number of anilines is 1. The fourth-order valence-electron chi connectivity index (χ4n) is 3.15. The second kappa shape index (κ2) is 10.1. The van der Waals surface area contributed by atoms with E-state index in [1.807, 2.05) is 0 Å². The van der Waals surface area contributed by atoms with Crippen LogP contribution in [-0.2, 0) is 24.3 Å². The Morgan fingerprint density at radius 3 is 2.55 bits per heavy atom. The maximum atomic E-state index is 13.0. The Bertz CT molecular complexity index is 1180. The summed E-state index contributed by atoms with van der Waals surface area (Å²) in [4.78, 5) is 35.2. The number of sulfonamides is 1. The molecule has 1 amide bonds. The van der Waals surface area contributed by atoms with Gasteiger partial charge in [0.2, 0.25) is 10.0 Å². The summed E-state index contributed by atoms with van der Waals surface area (Å²) >= 11 is 0. The number of amides is 1. The Labute approximate surface area is 190 Å². The van der Waals surface area contributed by atoms with Crippen LogP contribution in [0.4, 0.5) is 11.4 Å². The number of aryl methyl sites for hydroxylation is 1. The zero-order valence-corrected chi connectivity index (χ0v) is 18.8. The lowest BCUT2D eigenvalue weighted by Gasteiger charge is -2.26. The molecule has 2 aromatic carbocycles. The molecule has 0 bridgehead atoms. The standard InChI is InChI=1S/C21H23N3O8S/c1-14-6-7-16(12-19(14)33(29,30)23-8-10-31-11-9-23)21(26)32-15(2)20(25)22-17-4-3-5-18(13-17)24(27)28/h3-7,12-13,15H,8-11H2,1-2H3,(H,22,25). The highest BCUT2D eigenvalue weighted by atomic mass is 32.2. The van der Waals surface area contributed by atoms with E-state index in [9.17, 15) is 28.1 Å². The van der Waals surface area contributed by atoms with Crippen molar-refractivity contribution in [2.24, 2.45) is 0 Å². The van der Waals surface area contributed by atoms with Crippen molar-refractivity contribution in [2.75, 3.05) is 31.6 Å².